The lowest BCUT2D eigenvalue weighted by atomic mass is 10.1. The number of aromatic nitrogens is 2. The summed E-state index contributed by atoms with van der Waals surface area (Å²) in [5.41, 5.74) is 0. The van der Waals surface area contributed by atoms with Gasteiger partial charge in [-0.25, -0.2) is 9.97 Å². The Bertz CT molecular complexity index is 688. The van der Waals surface area contributed by atoms with Gasteiger partial charge in [0.25, 0.3) is 5.91 Å². The van der Waals surface area contributed by atoms with Crippen LogP contribution in [0.4, 0.5) is 0 Å². The highest BCUT2D eigenvalue weighted by Crippen LogP contribution is 2.18. The first-order chi connectivity index (χ1) is 12.1. The molecule has 0 aliphatic carbocycles. The maximum atomic E-state index is 12.5. The molecule has 6 nitrogen and oxygen atoms in total. The number of hydrogen-bond donors (Lipinski definition) is 0. The van der Waals surface area contributed by atoms with E-state index in [1.165, 1.54) is 12.4 Å². The Labute approximate surface area is 151 Å². The number of carbonyl (C=O) groups excluding carboxylic acids is 1. The molecule has 25 heavy (non-hydrogen) atoms. The van der Waals surface area contributed by atoms with Crippen molar-refractivity contribution in [3.05, 3.63) is 47.7 Å². The fourth-order valence-electron chi connectivity index (χ4n) is 2.72. The van der Waals surface area contributed by atoms with E-state index in [0.29, 0.717) is 29.9 Å². The van der Waals surface area contributed by atoms with Crippen molar-refractivity contribution in [3.8, 4) is 11.8 Å². The van der Waals surface area contributed by atoms with Gasteiger partial charge in [0.2, 0.25) is 0 Å². The van der Waals surface area contributed by atoms with Crippen LogP contribution in [0.2, 0.25) is 5.02 Å². The van der Waals surface area contributed by atoms with Crippen LogP contribution in [0.15, 0.2) is 42.7 Å². The second kappa shape index (κ2) is 8.16. The SMILES string of the molecule is CC(Oc1ccccc1)C(=O)N1CCC(Oc2ncc(Cl)cn2)CC1. The minimum atomic E-state index is -0.514. The maximum Gasteiger partial charge on any atom is 0.316 e. The van der Waals surface area contributed by atoms with Crippen molar-refractivity contribution in [1.29, 1.82) is 0 Å². The van der Waals surface area contributed by atoms with Crippen molar-refractivity contribution in [2.45, 2.75) is 32.0 Å². The first-order valence-corrected chi connectivity index (χ1v) is 8.64. The van der Waals surface area contributed by atoms with Crippen LogP contribution in [0.1, 0.15) is 19.8 Å². The molecule has 1 aliphatic rings. The molecule has 1 aromatic heterocycles. The number of ether oxygens (including phenoxy) is 2. The van der Waals surface area contributed by atoms with E-state index >= 15 is 0 Å². The van der Waals surface area contributed by atoms with Crippen LogP contribution in [0, 0.1) is 0 Å². The van der Waals surface area contributed by atoms with Gasteiger partial charge in [0.1, 0.15) is 11.9 Å². The van der Waals surface area contributed by atoms with Gasteiger partial charge in [-0.15, -0.1) is 0 Å². The molecule has 0 saturated carbocycles. The Morgan fingerprint density at radius 2 is 1.84 bits per heavy atom. The third-order valence-electron chi connectivity index (χ3n) is 4.03. The zero-order valence-electron chi connectivity index (χ0n) is 14.0. The van der Waals surface area contributed by atoms with Gasteiger partial charge in [-0.2, -0.15) is 0 Å². The highest BCUT2D eigenvalue weighted by atomic mass is 35.5. The fraction of sp³-hybridized carbons (Fsp3) is 0.389. The van der Waals surface area contributed by atoms with Gasteiger partial charge >= 0.3 is 6.01 Å². The van der Waals surface area contributed by atoms with E-state index < -0.39 is 6.10 Å². The van der Waals surface area contributed by atoms with E-state index in [4.69, 9.17) is 21.1 Å². The molecule has 132 valence electrons. The van der Waals surface area contributed by atoms with Crippen LogP contribution in [0.5, 0.6) is 11.8 Å². The lowest BCUT2D eigenvalue weighted by Crippen LogP contribution is -2.46. The van der Waals surface area contributed by atoms with Gasteiger partial charge in [0, 0.05) is 25.9 Å². The molecule has 0 spiro atoms. The van der Waals surface area contributed by atoms with Crippen LogP contribution >= 0.6 is 11.6 Å². The van der Waals surface area contributed by atoms with Crippen molar-refractivity contribution in [1.82, 2.24) is 14.9 Å². The second-order valence-electron chi connectivity index (χ2n) is 5.90. The van der Waals surface area contributed by atoms with Crippen molar-refractivity contribution in [3.63, 3.8) is 0 Å². The van der Waals surface area contributed by atoms with Gasteiger partial charge in [0.15, 0.2) is 6.10 Å². The number of nitrogens with zero attached hydrogens (tertiary/aromatic N) is 3. The van der Waals surface area contributed by atoms with E-state index in [0.717, 1.165) is 12.8 Å². The van der Waals surface area contributed by atoms with Crippen LogP contribution in [0.3, 0.4) is 0 Å². The van der Waals surface area contributed by atoms with Crippen LogP contribution in [0.25, 0.3) is 0 Å². The predicted molar refractivity (Wildman–Crippen MR) is 93.8 cm³/mol. The standard InChI is InChI=1S/C18H20ClN3O3/c1-13(24-15-5-3-2-4-6-15)17(23)22-9-7-16(8-10-22)25-18-20-11-14(19)12-21-18/h2-6,11-13,16H,7-10H2,1H3. The molecule has 1 unspecified atom stereocenters. The molecule has 1 aliphatic heterocycles. The molecule has 2 heterocycles. The molecule has 0 radical (unpaired) electrons. The van der Waals surface area contributed by atoms with Gasteiger partial charge in [-0.05, 0) is 19.1 Å². The quantitative estimate of drug-likeness (QED) is 0.819. The Hall–Kier alpha value is -2.34. The fourth-order valence-corrected chi connectivity index (χ4v) is 2.81. The number of benzene rings is 1. The van der Waals surface area contributed by atoms with Crippen molar-refractivity contribution in [2.24, 2.45) is 0 Å². The van der Waals surface area contributed by atoms with Crippen LogP contribution < -0.4 is 9.47 Å². The number of amides is 1. The molecular formula is C18H20ClN3O3. The average molecular weight is 362 g/mol. The monoisotopic (exact) mass is 361 g/mol. The second-order valence-corrected chi connectivity index (χ2v) is 6.34. The van der Waals surface area contributed by atoms with Crippen LogP contribution in [-0.2, 0) is 4.79 Å². The molecule has 1 atom stereocenters. The van der Waals surface area contributed by atoms with Gasteiger partial charge in [-0.1, -0.05) is 29.8 Å². The van der Waals surface area contributed by atoms with Crippen molar-refractivity contribution < 1.29 is 14.3 Å². The summed E-state index contributed by atoms with van der Waals surface area (Å²) in [6.45, 7) is 3.03. The molecule has 2 aromatic rings. The maximum absolute atomic E-state index is 12.5. The molecular weight excluding hydrogens is 342 g/mol. The summed E-state index contributed by atoms with van der Waals surface area (Å²) in [5.74, 6) is 0.687. The molecule has 7 heteroatoms. The predicted octanol–water partition coefficient (Wildman–Crippen LogP) is 2.97. The number of carbonyl (C=O) groups is 1. The Morgan fingerprint density at radius 1 is 1.20 bits per heavy atom. The van der Waals surface area contributed by atoms with Gasteiger partial charge in [0.05, 0.1) is 17.4 Å². The number of halogens is 1. The van der Waals surface area contributed by atoms with E-state index in [2.05, 4.69) is 9.97 Å². The highest BCUT2D eigenvalue weighted by molar-refractivity contribution is 6.30. The lowest BCUT2D eigenvalue weighted by molar-refractivity contribution is -0.139. The summed E-state index contributed by atoms with van der Waals surface area (Å²) in [6, 6.07) is 9.68. The van der Waals surface area contributed by atoms with Crippen LogP contribution in [-0.4, -0.2) is 46.1 Å². The Balaban J connectivity index is 1.48. The normalized spacial score (nSPS) is 16.3. The zero-order chi connectivity index (χ0) is 17.6. The third-order valence-corrected chi connectivity index (χ3v) is 4.22. The lowest BCUT2D eigenvalue weighted by Gasteiger charge is -2.33. The minimum Gasteiger partial charge on any atom is -0.481 e. The number of likely N-dealkylation sites (tertiary alicyclic amines) is 1. The number of rotatable bonds is 5. The molecule has 1 saturated heterocycles. The number of piperidine rings is 1. The smallest absolute Gasteiger partial charge is 0.316 e. The highest BCUT2D eigenvalue weighted by Gasteiger charge is 2.28. The molecule has 1 amide bonds. The first-order valence-electron chi connectivity index (χ1n) is 8.26. The van der Waals surface area contributed by atoms with Crippen molar-refractivity contribution >= 4 is 17.5 Å². The molecule has 1 aromatic carbocycles. The molecule has 0 N–H and O–H groups in total. The van der Waals surface area contributed by atoms with E-state index in [1.807, 2.05) is 35.2 Å². The molecule has 3 rings (SSSR count). The summed E-state index contributed by atoms with van der Waals surface area (Å²) in [4.78, 5) is 22.4. The van der Waals surface area contributed by atoms with Crippen molar-refractivity contribution in [2.75, 3.05) is 13.1 Å². The Kier molecular flexibility index (Phi) is 5.71. The van der Waals surface area contributed by atoms with Gasteiger partial charge in [-0.3, -0.25) is 4.79 Å². The average Bonchev–Trinajstić information content (AvgIpc) is 2.64. The largest absolute Gasteiger partial charge is 0.481 e. The van der Waals surface area contributed by atoms with E-state index in [1.54, 1.807) is 6.92 Å². The van der Waals surface area contributed by atoms with Gasteiger partial charge < -0.3 is 14.4 Å². The number of hydrogen-bond acceptors (Lipinski definition) is 5. The summed E-state index contributed by atoms with van der Waals surface area (Å²) < 4.78 is 11.5. The zero-order valence-corrected chi connectivity index (χ0v) is 14.7. The molecule has 1 fully saturated rings. The Morgan fingerprint density at radius 3 is 2.48 bits per heavy atom. The van der Waals surface area contributed by atoms with E-state index in [-0.39, 0.29) is 12.0 Å². The summed E-state index contributed by atoms with van der Waals surface area (Å²) in [7, 11) is 0. The summed E-state index contributed by atoms with van der Waals surface area (Å²) in [6.07, 6.45) is 3.96. The summed E-state index contributed by atoms with van der Waals surface area (Å²) in [5, 5.41) is 0.472. The summed E-state index contributed by atoms with van der Waals surface area (Å²) >= 11 is 5.76. The topological polar surface area (TPSA) is 64.5 Å². The first kappa shape index (κ1) is 17.5. The van der Waals surface area contributed by atoms with E-state index in [9.17, 15) is 4.79 Å². The minimum absolute atomic E-state index is 0.00410. The third kappa shape index (κ3) is 4.82. The number of para-hydroxylation sites is 1. The molecule has 0 bridgehead atoms.